The Kier molecular flexibility index (Phi) is 14.1. The third-order valence-corrected chi connectivity index (χ3v) is 3.20. The van der Waals surface area contributed by atoms with Crippen LogP contribution in [-0.2, 0) is 36.0 Å². The van der Waals surface area contributed by atoms with Gasteiger partial charge in [0.15, 0.2) is 0 Å². The topological polar surface area (TPSA) is 74.6 Å². The van der Waals surface area contributed by atoms with E-state index in [4.69, 9.17) is 19.8 Å². The molecule has 4 rings (SSSR count). The molecular formula is C23H24O4Ti. The number of hydrogen-bond donors (Lipinski definition) is 2. The van der Waals surface area contributed by atoms with Crippen LogP contribution in [0.2, 0.25) is 0 Å². The van der Waals surface area contributed by atoms with Crippen molar-refractivity contribution in [1.82, 2.24) is 0 Å². The molecule has 2 aromatic rings. The maximum Gasteiger partial charge on any atom is -0.0253 e. The quantitative estimate of drug-likeness (QED) is 0.421. The first kappa shape index (κ1) is 25.4. The van der Waals surface area contributed by atoms with Crippen molar-refractivity contribution in [3.63, 3.8) is 0 Å². The van der Waals surface area contributed by atoms with Crippen LogP contribution >= 0.6 is 0 Å². The van der Waals surface area contributed by atoms with Crippen molar-refractivity contribution in [2.75, 3.05) is 0 Å². The summed E-state index contributed by atoms with van der Waals surface area (Å²) in [4.78, 5) is 21.2. The number of rotatable bonds is 0. The molecule has 0 fully saturated rings. The monoisotopic (exact) mass is 412 g/mol. The van der Waals surface area contributed by atoms with E-state index in [1.54, 1.807) is 20.0 Å². The Labute approximate surface area is 178 Å². The number of aliphatic carboxylic acids is 2. The Morgan fingerprint density at radius 3 is 2.07 bits per heavy atom. The summed E-state index contributed by atoms with van der Waals surface area (Å²) in [6, 6.07) is 18.1. The molecule has 2 aliphatic carbocycles. The van der Waals surface area contributed by atoms with Crippen LogP contribution in [0.5, 0.6) is 0 Å². The Bertz CT molecular complexity index is 736. The third kappa shape index (κ3) is 11.2. The molecule has 5 heteroatoms. The normalized spacial score (nSPS) is 10.9. The second kappa shape index (κ2) is 15.5. The Morgan fingerprint density at radius 1 is 1.00 bits per heavy atom. The summed E-state index contributed by atoms with van der Waals surface area (Å²) in [7, 11) is 0. The van der Waals surface area contributed by atoms with Gasteiger partial charge in [0.2, 0.25) is 0 Å². The standard InChI is InChI=1S/C13H9.C5H5.2C2H4O2.CH2.Ti/c1-3-7-12-10(5-1)9-11-6-2-4-8-13(11)12;1-2-4-5-3-1;2*1-2(3)4;;/h1-5,7-8H,9H2;1-3H,4H2;2*1H3,(H,3,4);1H2;/q2*-1;;;;+2. The number of carboxylic acid groups (broad SMARTS) is 2. The number of carbonyl (C=O) groups is 2. The van der Waals surface area contributed by atoms with Gasteiger partial charge in [0.05, 0.1) is 0 Å². The minimum atomic E-state index is -0.833. The van der Waals surface area contributed by atoms with Crippen molar-refractivity contribution in [1.29, 1.82) is 0 Å². The Hall–Kier alpha value is -2.56. The van der Waals surface area contributed by atoms with Gasteiger partial charge in [0.25, 0.3) is 11.9 Å². The SMILES string of the molecule is CC(=O)O.CC(=O)O.[C-]1=CC=CC1.[CH2]=[Ti+2].[c-]1cccc2c1Cc1ccccc1-2. The molecule has 0 amide bonds. The molecule has 4 nitrogen and oxygen atoms in total. The van der Waals surface area contributed by atoms with Gasteiger partial charge in [-0.15, -0.1) is 12.0 Å². The van der Waals surface area contributed by atoms with Gasteiger partial charge in [-0.25, -0.2) is 12.2 Å². The van der Waals surface area contributed by atoms with Crippen LogP contribution in [0.4, 0.5) is 0 Å². The zero-order valence-corrected chi connectivity index (χ0v) is 17.7. The summed E-state index contributed by atoms with van der Waals surface area (Å²) in [5.41, 5.74) is 5.51. The van der Waals surface area contributed by atoms with Crippen LogP contribution in [0.25, 0.3) is 11.1 Å². The first-order valence-corrected chi connectivity index (χ1v) is 9.56. The van der Waals surface area contributed by atoms with Gasteiger partial charge < -0.3 is 10.2 Å². The molecule has 0 atom stereocenters. The third-order valence-electron chi connectivity index (χ3n) is 3.20. The molecule has 0 unspecified atom stereocenters. The first-order chi connectivity index (χ1) is 13.4. The van der Waals surface area contributed by atoms with E-state index in [1.807, 2.05) is 18.2 Å². The Morgan fingerprint density at radius 2 is 1.57 bits per heavy atom. The fraction of sp³-hybridized carbons (Fsp3) is 0.174. The van der Waals surface area contributed by atoms with Crippen molar-refractivity contribution < 1.29 is 39.8 Å². The summed E-state index contributed by atoms with van der Waals surface area (Å²) in [6.07, 6.45) is 11.0. The molecule has 0 bridgehead atoms. The molecule has 2 aliphatic rings. The van der Waals surface area contributed by atoms with Crippen molar-refractivity contribution in [2.24, 2.45) is 0 Å². The second-order valence-corrected chi connectivity index (χ2v) is 5.44. The van der Waals surface area contributed by atoms with Crippen LogP contribution in [0.15, 0.2) is 60.7 Å². The molecule has 28 heavy (non-hydrogen) atoms. The summed E-state index contributed by atoms with van der Waals surface area (Å²) in [5, 5.41) is 14.8. The van der Waals surface area contributed by atoms with Gasteiger partial charge in [-0.05, 0) is 6.42 Å². The van der Waals surface area contributed by atoms with E-state index in [0.29, 0.717) is 0 Å². The van der Waals surface area contributed by atoms with Crippen molar-refractivity contribution >= 4 is 16.8 Å². The van der Waals surface area contributed by atoms with Crippen molar-refractivity contribution in [3.05, 3.63) is 84.0 Å². The number of benzene rings is 2. The van der Waals surface area contributed by atoms with Gasteiger partial charge in [-0.1, -0.05) is 35.4 Å². The van der Waals surface area contributed by atoms with Crippen molar-refractivity contribution in [3.8, 4) is 11.1 Å². The fourth-order valence-electron chi connectivity index (χ4n) is 2.34. The number of allylic oxidation sites excluding steroid dienone is 4. The van der Waals surface area contributed by atoms with E-state index in [1.165, 1.54) is 22.3 Å². The average Bonchev–Trinajstić information content (AvgIpc) is 3.34. The largest absolute Gasteiger partial charge is 0.179 e. The van der Waals surface area contributed by atoms with E-state index in [0.717, 1.165) is 26.7 Å². The molecule has 0 saturated heterocycles. The van der Waals surface area contributed by atoms with E-state index >= 15 is 0 Å². The smallest absolute Gasteiger partial charge is 0.0253 e. The van der Waals surface area contributed by atoms with E-state index in [9.17, 15) is 0 Å². The maximum atomic E-state index is 9.00. The number of fused-ring (bicyclic) bond motifs is 3. The maximum absolute atomic E-state index is 9.00. The van der Waals surface area contributed by atoms with Crippen LogP contribution in [0, 0.1) is 12.1 Å². The van der Waals surface area contributed by atoms with Gasteiger partial charge >= 0.3 is 24.8 Å². The summed E-state index contributed by atoms with van der Waals surface area (Å²) < 4.78 is 0. The second-order valence-electron chi connectivity index (χ2n) is 5.44. The van der Waals surface area contributed by atoms with Gasteiger partial charge in [-0.2, -0.15) is 35.9 Å². The summed E-state index contributed by atoms with van der Waals surface area (Å²) >= 11 is 1.75. The average molecular weight is 412 g/mol. The van der Waals surface area contributed by atoms with E-state index in [-0.39, 0.29) is 0 Å². The van der Waals surface area contributed by atoms with Gasteiger partial charge in [0, 0.05) is 13.8 Å². The number of carboxylic acids is 2. The molecule has 0 aromatic heterocycles. The van der Waals surface area contributed by atoms with Gasteiger partial charge in [0.1, 0.15) is 0 Å². The van der Waals surface area contributed by atoms with Crippen LogP contribution < -0.4 is 0 Å². The minimum Gasteiger partial charge on any atom is -0.179 e. The van der Waals surface area contributed by atoms with E-state index in [2.05, 4.69) is 59.4 Å². The predicted molar refractivity (Wildman–Crippen MR) is 109 cm³/mol. The summed E-state index contributed by atoms with van der Waals surface area (Å²) in [6.45, 7) is 2.17. The molecule has 0 radical (unpaired) electrons. The minimum absolute atomic E-state index is 0.833. The molecule has 2 aromatic carbocycles. The molecule has 144 valence electrons. The molecule has 2 N–H and O–H groups in total. The molecule has 0 spiro atoms. The molecule has 0 aliphatic heterocycles. The molecule has 0 heterocycles. The van der Waals surface area contributed by atoms with E-state index < -0.39 is 11.9 Å². The zero-order chi connectivity index (χ0) is 21.4. The summed E-state index contributed by atoms with van der Waals surface area (Å²) in [5.74, 6) is -1.67. The Balaban J connectivity index is 0.000000407. The molecular weight excluding hydrogens is 388 g/mol. The fourth-order valence-corrected chi connectivity index (χ4v) is 2.34. The van der Waals surface area contributed by atoms with Crippen molar-refractivity contribution in [2.45, 2.75) is 26.7 Å². The van der Waals surface area contributed by atoms with Crippen LogP contribution in [0.3, 0.4) is 0 Å². The molecule has 0 saturated carbocycles. The number of hydrogen-bond acceptors (Lipinski definition) is 2. The zero-order valence-electron chi connectivity index (χ0n) is 16.1. The first-order valence-electron chi connectivity index (χ1n) is 8.45. The van der Waals surface area contributed by atoms with Gasteiger partial charge in [-0.3, -0.25) is 15.7 Å². The van der Waals surface area contributed by atoms with Crippen LogP contribution in [-0.4, -0.2) is 27.0 Å². The van der Waals surface area contributed by atoms with Crippen LogP contribution in [0.1, 0.15) is 31.4 Å². The predicted octanol–water partition coefficient (Wildman–Crippen LogP) is 4.51.